The lowest BCUT2D eigenvalue weighted by atomic mass is 10.1. The standard InChI is InChI=1S/C12H12Br2O4/c1-3-17-11(15)7-5-8(12(16)18-4-2)10(14)6-9(7)13/h5-6H,3-4H2,1-2H3. The molecular weight excluding hydrogens is 368 g/mol. The van der Waals surface area contributed by atoms with Gasteiger partial charge < -0.3 is 9.47 Å². The summed E-state index contributed by atoms with van der Waals surface area (Å²) in [5, 5.41) is 0. The third-order valence-corrected chi connectivity index (χ3v) is 3.36. The number of esters is 2. The number of benzene rings is 1. The molecule has 0 saturated carbocycles. The Morgan fingerprint density at radius 3 is 1.67 bits per heavy atom. The average Bonchev–Trinajstić information content (AvgIpc) is 2.29. The molecule has 1 rings (SSSR count). The van der Waals surface area contributed by atoms with Crippen molar-refractivity contribution in [1.82, 2.24) is 0 Å². The summed E-state index contributed by atoms with van der Waals surface area (Å²) in [6.45, 7) is 3.99. The molecule has 6 heteroatoms. The number of ether oxygens (including phenoxy) is 2. The van der Waals surface area contributed by atoms with Gasteiger partial charge in [0.05, 0.1) is 24.3 Å². The topological polar surface area (TPSA) is 52.6 Å². The molecule has 0 heterocycles. The van der Waals surface area contributed by atoms with E-state index in [0.29, 0.717) is 20.1 Å². The summed E-state index contributed by atoms with van der Waals surface area (Å²) in [5.74, 6) is -0.968. The Kier molecular flexibility index (Phi) is 5.81. The minimum Gasteiger partial charge on any atom is -0.462 e. The normalized spacial score (nSPS) is 10.0. The summed E-state index contributed by atoms with van der Waals surface area (Å²) in [4.78, 5) is 23.4. The lowest BCUT2D eigenvalue weighted by molar-refractivity contribution is 0.0524. The van der Waals surface area contributed by atoms with E-state index in [4.69, 9.17) is 9.47 Å². The van der Waals surface area contributed by atoms with E-state index >= 15 is 0 Å². The molecule has 0 saturated heterocycles. The summed E-state index contributed by atoms with van der Waals surface area (Å²) in [6.07, 6.45) is 0. The van der Waals surface area contributed by atoms with Crippen LogP contribution in [0.2, 0.25) is 0 Å². The molecule has 1 aromatic rings. The summed E-state index contributed by atoms with van der Waals surface area (Å²) in [7, 11) is 0. The van der Waals surface area contributed by atoms with Gasteiger partial charge in [-0.15, -0.1) is 0 Å². The zero-order chi connectivity index (χ0) is 13.7. The predicted octanol–water partition coefficient (Wildman–Crippen LogP) is 3.57. The third-order valence-electron chi connectivity index (χ3n) is 2.05. The molecule has 0 fully saturated rings. The van der Waals surface area contributed by atoms with Crippen molar-refractivity contribution in [3.8, 4) is 0 Å². The van der Waals surface area contributed by atoms with E-state index in [0.717, 1.165) is 0 Å². The molecule has 0 aromatic heterocycles. The molecule has 0 radical (unpaired) electrons. The van der Waals surface area contributed by atoms with Gasteiger partial charge >= 0.3 is 11.9 Å². The van der Waals surface area contributed by atoms with Gasteiger partial charge in [-0.1, -0.05) is 0 Å². The van der Waals surface area contributed by atoms with E-state index < -0.39 is 11.9 Å². The van der Waals surface area contributed by atoms with E-state index in [2.05, 4.69) is 31.9 Å². The highest BCUT2D eigenvalue weighted by atomic mass is 79.9. The molecule has 0 aliphatic carbocycles. The van der Waals surface area contributed by atoms with Crippen LogP contribution in [0.3, 0.4) is 0 Å². The Labute approximate surface area is 122 Å². The Morgan fingerprint density at radius 1 is 0.944 bits per heavy atom. The molecule has 0 spiro atoms. The first-order valence-electron chi connectivity index (χ1n) is 5.34. The number of rotatable bonds is 4. The zero-order valence-electron chi connectivity index (χ0n) is 9.96. The summed E-state index contributed by atoms with van der Waals surface area (Å²) in [5.41, 5.74) is 0.589. The van der Waals surface area contributed by atoms with Crippen LogP contribution in [0.1, 0.15) is 34.6 Å². The van der Waals surface area contributed by atoms with Crippen molar-refractivity contribution in [2.75, 3.05) is 13.2 Å². The van der Waals surface area contributed by atoms with E-state index in [1.165, 1.54) is 6.07 Å². The first-order valence-corrected chi connectivity index (χ1v) is 6.93. The van der Waals surface area contributed by atoms with E-state index in [-0.39, 0.29) is 13.2 Å². The second-order valence-electron chi connectivity index (χ2n) is 3.25. The van der Waals surface area contributed by atoms with Gasteiger partial charge in [0.1, 0.15) is 0 Å². The van der Waals surface area contributed by atoms with Crippen LogP contribution < -0.4 is 0 Å². The van der Waals surface area contributed by atoms with Crippen LogP contribution in [0.5, 0.6) is 0 Å². The van der Waals surface area contributed by atoms with Crippen molar-refractivity contribution in [1.29, 1.82) is 0 Å². The van der Waals surface area contributed by atoms with Gasteiger partial charge in [0.25, 0.3) is 0 Å². The fraction of sp³-hybridized carbons (Fsp3) is 0.333. The second kappa shape index (κ2) is 6.89. The van der Waals surface area contributed by atoms with E-state index in [1.54, 1.807) is 19.9 Å². The third kappa shape index (κ3) is 3.55. The molecule has 4 nitrogen and oxygen atoms in total. The average molecular weight is 380 g/mol. The van der Waals surface area contributed by atoms with E-state index in [1.807, 2.05) is 0 Å². The van der Waals surface area contributed by atoms with Crippen LogP contribution in [0.15, 0.2) is 21.1 Å². The molecule has 0 aliphatic rings. The minimum atomic E-state index is -0.484. The number of hydrogen-bond donors (Lipinski definition) is 0. The monoisotopic (exact) mass is 378 g/mol. The highest BCUT2D eigenvalue weighted by Crippen LogP contribution is 2.27. The molecule has 98 valence electrons. The van der Waals surface area contributed by atoms with Gasteiger partial charge in [-0.05, 0) is 57.8 Å². The van der Waals surface area contributed by atoms with Crippen LogP contribution in [-0.4, -0.2) is 25.2 Å². The Bertz CT molecular complexity index is 432. The smallest absolute Gasteiger partial charge is 0.339 e. The van der Waals surface area contributed by atoms with Crippen molar-refractivity contribution in [3.63, 3.8) is 0 Å². The second-order valence-corrected chi connectivity index (χ2v) is 4.96. The maximum absolute atomic E-state index is 11.7. The summed E-state index contributed by atoms with van der Waals surface area (Å²) >= 11 is 6.51. The van der Waals surface area contributed by atoms with Gasteiger partial charge in [-0.3, -0.25) is 0 Å². The van der Waals surface area contributed by atoms with Crippen LogP contribution in [0, 0.1) is 0 Å². The number of carbonyl (C=O) groups excluding carboxylic acids is 2. The maximum Gasteiger partial charge on any atom is 0.339 e. The maximum atomic E-state index is 11.7. The van der Waals surface area contributed by atoms with Gasteiger partial charge in [0.15, 0.2) is 0 Å². The van der Waals surface area contributed by atoms with Crippen molar-refractivity contribution >= 4 is 43.8 Å². The number of halogens is 2. The first kappa shape index (κ1) is 15.2. The molecule has 18 heavy (non-hydrogen) atoms. The lowest BCUT2D eigenvalue weighted by Crippen LogP contribution is -2.10. The number of carbonyl (C=O) groups is 2. The van der Waals surface area contributed by atoms with Crippen molar-refractivity contribution in [3.05, 3.63) is 32.2 Å². The van der Waals surface area contributed by atoms with Gasteiger partial charge in [0.2, 0.25) is 0 Å². The fourth-order valence-electron chi connectivity index (χ4n) is 1.28. The van der Waals surface area contributed by atoms with Crippen LogP contribution in [-0.2, 0) is 9.47 Å². The van der Waals surface area contributed by atoms with E-state index in [9.17, 15) is 9.59 Å². The molecule has 0 atom stereocenters. The summed E-state index contributed by atoms with van der Waals surface area (Å²) in [6, 6.07) is 3.07. The highest BCUT2D eigenvalue weighted by Gasteiger charge is 2.18. The first-order chi connectivity index (χ1) is 8.51. The molecule has 0 amide bonds. The van der Waals surface area contributed by atoms with Gasteiger partial charge in [-0.25, -0.2) is 9.59 Å². The fourth-order valence-corrected chi connectivity index (χ4v) is 2.60. The molecule has 0 N–H and O–H groups in total. The SMILES string of the molecule is CCOC(=O)c1cc(C(=O)OCC)c(Br)cc1Br. The van der Waals surface area contributed by atoms with Crippen molar-refractivity contribution in [2.45, 2.75) is 13.8 Å². The minimum absolute atomic E-state index is 0.274. The largest absolute Gasteiger partial charge is 0.462 e. The Balaban J connectivity index is 3.17. The molecule has 0 aliphatic heterocycles. The lowest BCUT2D eigenvalue weighted by Gasteiger charge is -2.09. The highest BCUT2D eigenvalue weighted by molar-refractivity contribution is 9.11. The van der Waals surface area contributed by atoms with Crippen LogP contribution in [0.4, 0.5) is 0 Å². The van der Waals surface area contributed by atoms with Crippen LogP contribution >= 0.6 is 31.9 Å². The van der Waals surface area contributed by atoms with Crippen molar-refractivity contribution in [2.24, 2.45) is 0 Å². The van der Waals surface area contributed by atoms with Gasteiger partial charge in [-0.2, -0.15) is 0 Å². The Hall–Kier alpha value is -0.880. The number of hydrogen-bond acceptors (Lipinski definition) is 4. The summed E-state index contributed by atoms with van der Waals surface area (Å²) < 4.78 is 10.9. The molecule has 0 bridgehead atoms. The predicted molar refractivity (Wildman–Crippen MR) is 73.8 cm³/mol. The quantitative estimate of drug-likeness (QED) is 0.750. The molecular formula is C12H12Br2O4. The van der Waals surface area contributed by atoms with Gasteiger partial charge in [0, 0.05) is 8.95 Å². The van der Waals surface area contributed by atoms with Crippen LogP contribution in [0.25, 0.3) is 0 Å². The Morgan fingerprint density at radius 2 is 1.33 bits per heavy atom. The van der Waals surface area contributed by atoms with Crippen molar-refractivity contribution < 1.29 is 19.1 Å². The molecule has 1 aromatic carbocycles. The molecule has 0 unspecified atom stereocenters. The zero-order valence-corrected chi connectivity index (χ0v) is 13.1.